The van der Waals surface area contributed by atoms with Crippen LogP contribution in [0, 0.1) is 0 Å². The van der Waals surface area contributed by atoms with Gasteiger partial charge in [0.05, 0.1) is 5.75 Å². The van der Waals surface area contributed by atoms with Gasteiger partial charge in [-0.1, -0.05) is 27.5 Å². The van der Waals surface area contributed by atoms with Crippen LogP contribution in [0.2, 0.25) is 5.02 Å². The van der Waals surface area contributed by atoms with Crippen LogP contribution < -0.4 is 0 Å². The lowest BCUT2D eigenvalue weighted by molar-refractivity contribution is 0.102. The Morgan fingerprint density at radius 1 is 1.06 bits per heavy atom. The summed E-state index contributed by atoms with van der Waals surface area (Å²) in [6, 6.07) is 14.9. The summed E-state index contributed by atoms with van der Waals surface area (Å²) >= 11 is 10.7. The van der Waals surface area contributed by atoms with Gasteiger partial charge >= 0.3 is 0 Å². The van der Waals surface area contributed by atoms with E-state index < -0.39 is 0 Å². The number of carbonyl (C=O) groups is 1. The molecule has 0 heterocycles. The Hall–Kier alpha value is -0.770. The molecule has 0 unspecified atom stereocenters. The minimum absolute atomic E-state index is 0.111. The number of hydrogen-bond donors (Lipinski definition) is 0. The maximum atomic E-state index is 11.9. The molecule has 18 heavy (non-hydrogen) atoms. The number of carbonyl (C=O) groups excluding carboxylic acids is 1. The second kappa shape index (κ2) is 6.41. The number of thioether (sulfide) groups is 1. The molecule has 0 aliphatic heterocycles. The van der Waals surface area contributed by atoms with Crippen LogP contribution in [0.3, 0.4) is 0 Å². The lowest BCUT2D eigenvalue weighted by atomic mass is 10.1. The van der Waals surface area contributed by atoms with Crippen LogP contribution in [-0.4, -0.2) is 11.5 Å². The molecule has 92 valence electrons. The Morgan fingerprint density at radius 3 is 2.28 bits per heavy atom. The van der Waals surface area contributed by atoms with Crippen molar-refractivity contribution in [2.24, 2.45) is 0 Å². The highest BCUT2D eigenvalue weighted by molar-refractivity contribution is 9.10. The van der Waals surface area contributed by atoms with Crippen LogP contribution >= 0.6 is 39.3 Å². The van der Waals surface area contributed by atoms with E-state index in [9.17, 15) is 4.79 Å². The van der Waals surface area contributed by atoms with Crippen molar-refractivity contribution in [1.29, 1.82) is 0 Å². The van der Waals surface area contributed by atoms with E-state index >= 15 is 0 Å². The molecule has 0 aromatic heterocycles. The molecule has 0 saturated heterocycles. The molecule has 0 aliphatic carbocycles. The Bertz CT molecular complexity index is 537. The zero-order chi connectivity index (χ0) is 13.0. The van der Waals surface area contributed by atoms with Crippen molar-refractivity contribution < 1.29 is 4.79 Å². The Labute approximate surface area is 124 Å². The molecule has 2 aromatic carbocycles. The van der Waals surface area contributed by atoms with E-state index in [4.69, 9.17) is 11.6 Å². The summed E-state index contributed by atoms with van der Waals surface area (Å²) in [6.07, 6.45) is 0. The highest BCUT2D eigenvalue weighted by Gasteiger charge is 2.06. The fourth-order valence-electron chi connectivity index (χ4n) is 1.40. The Kier molecular flexibility index (Phi) is 4.87. The van der Waals surface area contributed by atoms with E-state index in [1.165, 1.54) is 11.8 Å². The number of Topliss-reactive ketones (excluding diaryl/α,β-unsaturated/α-hetero) is 1. The molecule has 2 aromatic rings. The average molecular weight is 342 g/mol. The third-order valence-electron chi connectivity index (χ3n) is 2.35. The first-order valence-electron chi connectivity index (χ1n) is 5.32. The number of halogens is 2. The normalized spacial score (nSPS) is 10.3. The van der Waals surface area contributed by atoms with Crippen molar-refractivity contribution >= 4 is 45.1 Å². The van der Waals surface area contributed by atoms with Gasteiger partial charge in [-0.15, -0.1) is 11.8 Å². The summed E-state index contributed by atoms with van der Waals surface area (Å²) in [4.78, 5) is 13.0. The molecule has 2 rings (SSSR count). The summed E-state index contributed by atoms with van der Waals surface area (Å²) < 4.78 is 1.04. The summed E-state index contributed by atoms with van der Waals surface area (Å²) in [6.45, 7) is 0. The maximum absolute atomic E-state index is 11.9. The summed E-state index contributed by atoms with van der Waals surface area (Å²) in [5, 5.41) is 0.645. The Balaban J connectivity index is 1.96. The van der Waals surface area contributed by atoms with Crippen molar-refractivity contribution in [2.75, 3.05) is 5.75 Å². The first-order valence-corrected chi connectivity index (χ1v) is 7.48. The van der Waals surface area contributed by atoms with Crippen LogP contribution in [0.5, 0.6) is 0 Å². The molecule has 0 saturated carbocycles. The minimum atomic E-state index is 0.111. The predicted molar refractivity (Wildman–Crippen MR) is 80.6 cm³/mol. The van der Waals surface area contributed by atoms with Gasteiger partial charge in [0.1, 0.15) is 0 Å². The van der Waals surface area contributed by atoms with E-state index in [0.29, 0.717) is 16.3 Å². The SMILES string of the molecule is O=C(CSc1ccc(Br)cc1)c1ccc(Cl)cc1. The lowest BCUT2D eigenvalue weighted by Gasteiger charge is -2.02. The minimum Gasteiger partial charge on any atom is -0.293 e. The van der Waals surface area contributed by atoms with Crippen LogP contribution in [0.1, 0.15) is 10.4 Å². The summed E-state index contributed by atoms with van der Waals surface area (Å²) in [7, 11) is 0. The van der Waals surface area contributed by atoms with Gasteiger partial charge in [0, 0.05) is 20.0 Å². The van der Waals surface area contributed by atoms with Crippen LogP contribution in [-0.2, 0) is 0 Å². The molecular formula is C14H10BrClOS. The van der Waals surface area contributed by atoms with Gasteiger partial charge in [-0.2, -0.15) is 0 Å². The van der Waals surface area contributed by atoms with E-state index in [-0.39, 0.29) is 5.78 Å². The lowest BCUT2D eigenvalue weighted by Crippen LogP contribution is -2.01. The molecule has 4 heteroatoms. The maximum Gasteiger partial charge on any atom is 0.173 e. The molecule has 0 aliphatic rings. The van der Waals surface area contributed by atoms with Gasteiger partial charge < -0.3 is 0 Å². The molecule has 0 atom stereocenters. The van der Waals surface area contributed by atoms with Crippen LogP contribution in [0.15, 0.2) is 57.9 Å². The second-order valence-corrected chi connectivity index (χ2v) is 6.07. The third-order valence-corrected chi connectivity index (χ3v) is 4.14. The van der Waals surface area contributed by atoms with Crippen LogP contribution in [0.4, 0.5) is 0 Å². The molecule has 0 bridgehead atoms. The van der Waals surface area contributed by atoms with E-state index in [0.717, 1.165) is 9.37 Å². The van der Waals surface area contributed by atoms with E-state index in [1.54, 1.807) is 24.3 Å². The molecule has 0 radical (unpaired) electrons. The second-order valence-electron chi connectivity index (χ2n) is 3.67. The van der Waals surface area contributed by atoms with Gasteiger partial charge in [-0.3, -0.25) is 4.79 Å². The van der Waals surface area contributed by atoms with Crippen molar-refractivity contribution in [3.05, 3.63) is 63.6 Å². The highest BCUT2D eigenvalue weighted by atomic mass is 79.9. The fourth-order valence-corrected chi connectivity index (χ4v) is 2.58. The smallest absolute Gasteiger partial charge is 0.173 e. The first kappa shape index (κ1) is 13.7. The van der Waals surface area contributed by atoms with Crippen molar-refractivity contribution in [3.63, 3.8) is 0 Å². The van der Waals surface area contributed by atoms with Gasteiger partial charge in [-0.05, 0) is 48.5 Å². The van der Waals surface area contributed by atoms with Gasteiger partial charge in [-0.25, -0.2) is 0 Å². The topological polar surface area (TPSA) is 17.1 Å². The quantitative estimate of drug-likeness (QED) is 0.570. The fraction of sp³-hybridized carbons (Fsp3) is 0.0714. The van der Waals surface area contributed by atoms with Crippen molar-refractivity contribution in [2.45, 2.75) is 4.90 Å². The zero-order valence-corrected chi connectivity index (χ0v) is 12.6. The van der Waals surface area contributed by atoms with E-state index in [2.05, 4.69) is 15.9 Å². The summed E-state index contributed by atoms with van der Waals surface area (Å²) in [5.74, 6) is 0.545. The molecule has 0 N–H and O–H groups in total. The molecule has 0 fully saturated rings. The molecular weight excluding hydrogens is 332 g/mol. The Morgan fingerprint density at radius 2 is 1.67 bits per heavy atom. The summed E-state index contributed by atoms with van der Waals surface area (Å²) in [5.41, 5.74) is 0.698. The number of hydrogen-bond acceptors (Lipinski definition) is 2. The molecule has 1 nitrogen and oxygen atoms in total. The highest BCUT2D eigenvalue weighted by Crippen LogP contribution is 2.22. The number of ketones is 1. The van der Waals surface area contributed by atoms with Crippen LogP contribution in [0.25, 0.3) is 0 Å². The van der Waals surface area contributed by atoms with Gasteiger partial charge in [0.15, 0.2) is 5.78 Å². The first-order chi connectivity index (χ1) is 8.65. The predicted octanol–water partition coefficient (Wildman–Crippen LogP) is 5.08. The molecule has 0 spiro atoms. The zero-order valence-electron chi connectivity index (χ0n) is 9.40. The van der Waals surface area contributed by atoms with Crippen molar-refractivity contribution in [1.82, 2.24) is 0 Å². The molecule has 0 amide bonds. The van der Waals surface area contributed by atoms with Gasteiger partial charge in [0.25, 0.3) is 0 Å². The van der Waals surface area contributed by atoms with Crippen molar-refractivity contribution in [3.8, 4) is 0 Å². The van der Waals surface area contributed by atoms with Gasteiger partial charge in [0.2, 0.25) is 0 Å². The average Bonchev–Trinajstić information content (AvgIpc) is 2.38. The number of rotatable bonds is 4. The monoisotopic (exact) mass is 340 g/mol. The standard InChI is InChI=1S/C14H10BrClOS/c15-11-3-7-13(8-4-11)18-9-14(17)10-1-5-12(16)6-2-10/h1-8H,9H2. The largest absolute Gasteiger partial charge is 0.293 e. The third kappa shape index (κ3) is 3.87. The number of benzene rings is 2. The van der Waals surface area contributed by atoms with E-state index in [1.807, 2.05) is 24.3 Å².